The molecule has 6 amide bonds. The molecule has 0 aromatic heterocycles. The topological polar surface area (TPSA) is 149 Å². The highest BCUT2D eigenvalue weighted by Gasteiger charge is 2.30. The summed E-state index contributed by atoms with van der Waals surface area (Å²) in [7, 11) is 0. The molecule has 1 atom stereocenters. The molecule has 1 aliphatic rings. The Morgan fingerprint density at radius 3 is 2.47 bits per heavy atom. The highest BCUT2D eigenvalue weighted by atomic mass is 16.4. The number of carbonyl (C=O) groups excluding carboxylic acids is 3. The second-order valence-corrected chi connectivity index (χ2v) is 2.33. The van der Waals surface area contributed by atoms with Crippen LogP contribution in [0.25, 0.3) is 0 Å². The zero-order chi connectivity index (χ0) is 11.4. The molecular weight excluding hydrogens is 210 g/mol. The number of hydrogen-bond acceptors (Lipinski definition) is 4. The number of amides is 6. The van der Waals surface area contributed by atoms with Crippen LogP contribution in [0.4, 0.5) is 14.4 Å². The molecular formula is C5H5N5O5. The zero-order valence-electron chi connectivity index (χ0n) is 7.05. The van der Waals surface area contributed by atoms with E-state index in [-0.39, 0.29) is 0 Å². The maximum Gasteiger partial charge on any atom is 0.450 e. The van der Waals surface area contributed by atoms with Crippen molar-refractivity contribution in [2.45, 2.75) is 6.17 Å². The lowest BCUT2D eigenvalue weighted by Gasteiger charge is -2.05. The van der Waals surface area contributed by atoms with Gasteiger partial charge in [-0.05, 0) is 0 Å². The predicted molar refractivity (Wildman–Crippen MR) is 41.9 cm³/mol. The number of azo groups is 1. The Morgan fingerprint density at radius 1 is 1.33 bits per heavy atom. The summed E-state index contributed by atoms with van der Waals surface area (Å²) in [4.78, 5) is 42.1. The standard InChI is InChI=1S/C5H5N5O5/c11-2-1(6-3(12)8-2)7-4(13)9-10-5(14)15/h1H,(H,7,13)(H,14,15)(H2,6,8,11,12). The Bertz CT molecular complexity index is 363. The van der Waals surface area contributed by atoms with E-state index in [0.29, 0.717) is 0 Å². The molecule has 1 fully saturated rings. The number of rotatable bonds is 1. The minimum atomic E-state index is -1.65. The first-order chi connectivity index (χ1) is 6.99. The van der Waals surface area contributed by atoms with E-state index in [9.17, 15) is 19.2 Å². The molecule has 0 bridgehead atoms. The Hall–Kier alpha value is -2.52. The van der Waals surface area contributed by atoms with Gasteiger partial charge in [0.25, 0.3) is 5.91 Å². The Morgan fingerprint density at radius 2 is 2.00 bits per heavy atom. The van der Waals surface area contributed by atoms with Gasteiger partial charge < -0.3 is 15.7 Å². The number of nitrogens with zero attached hydrogens (tertiary/aromatic N) is 2. The van der Waals surface area contributed by atoms with Crippen molar-refractivity contribution in [3.8, 4) is 0 Å². The summed E-state index contributed by atoms with van der Waals surface area (Å²) in [5, 5.41) is 19.0. The third-order valence-corrected chi connectivity index (χ3v) is 1.27. The minimum absolute atomic E-state index is 0.763. The second-order valence-electron chi connectivity index (χ2n) is 2.33. The minimum Gasteiger partial charge on any atom is -0.462 e. The van der Waals surface area contributed by atoms with Crippen molar-refractivity contribution in [1.82, 2.24) is 16.0 Å². The number of hydrogen-bond donors (Lipinski definition) is 4. The summed E-state index contributed by atoms with van der Waals surface area (Å²) >= 11 is 0. The van der Waals surface area contributed by atoms with Gasteiger partial charge in [0.15, 0.2) is 6.17 Å². The maximum atomic E-state index is 10.9. The Balaban J connectivity index is 2.48. The lowest BCUT2D eigenvalue weighted by molar-refractivity contribution is -0.120. The first-order valence-electron chi connectivity index (χ1n) is 3.55. The van der Waals surface area contributed by atoms with Gasteiger partial charge in [0.05, 0.1) is 0 Å². The van der Waals surface area contributed by atoms with Crippen molar-refractivity contribution < 1.29 is 24.3 Å². The fraction of sp³-hybridized carbons (Fsp3) is 0.200. The molecule has 0 radical (unpaired) electrons. The average molecular weight is 215 g/mol. The van der Waals surface area contributed by atoms with Gasteiger partial charge in [-0.2, -0.15) is 0 Å². The number of carbonyl (C=O) groups is 4. The van der Waals surface area contributed by atoms with E-state index in [2.05, 4.69) is 10.2 Å². The summed E-state index contributed by atoms with van der Waals surface area (Å²) in [6.45, 7) is 0. The molecule has 1 aliphatic heterocycles. The van der Waals surface area contributed by atoms with Gasteiger partial charge in [0, 0.05) is 0 Å². The van der Waals surface area contributed by atoms with Crippen LogP contribution < -0.4 is 16.0 Å². The first kappa shape index (κ1) is 10.6. The van der Waals surface area contributed by atoms with Gasteiger partial charge in [-0.1, -0.05) is 10.2 Å². The van der Waals surface area contributed by atoms with Crippen LogP contribution in [0.15, 0.2) is 10.2 Å². The average Bonchev–Trinajstić information content (AvgIpc) is 2.42. The first-order valence-corrected chi connectivity index (χ1v) is 3.55. The van der Waals surface area contributed by atoms with Crippen LogP contribution in [0.2, 0.25) is 0 Å². The monoisotopic (exact) mass is 215 g/mol. The third kappa shape index (κ3) is 3.02. The van der Waals surface area contributed by atoms with E-state index < -0.39 is 30.2 Å². The van der Waals surface area contributed by atoms with Crippen LogP contribution >= 0.6 is 0 Å². The molecule has 1 rings (SSSR count). The molecule has 0 aliphatic carbocycles. The Labute approximate surface area is 81.7 Å². The summed E-state index contributed by atoms with van der Waals surface area (Å²) in [6.07, 6.45) is -2.91. The van der Waals surface area contributed by atoms with E-state index in [1.807, 2.05) is 16.0 Å². The van der Waals surface area contributed by atoms with E-state index in [1.165, 1.54) is 0 Å². The SMILES string of the molecule is O=C(O)N=NC(=O)NC1NC(=O)NC1=O. The fourth-order valence-corrected chi connectivity index (χ4v) is 0.759. The number of nitrogens with one attached hydrogen (secondary N) is 3. The van der Waals surface area contributed by atoms with Crippen LogP contribution in [-0.2, 0) is 4.79 Å². The molecule has 1 saturated heterocycles. The Kier molecular flexibility index (Phi) is 2.91. The van der Waals surface area contributed by atoms with E-state index in [1.54, 1.807) is 0 Å². The lowest BCUT2D eigenvalue weighted by atomic mass is 10.5. The molecule has 0 saturated carbocycles. The molecule has 1 heterocycles. The van der Waals surface area contributed by atoms with Crippen molar-refractivity contribution in [2.24, 2.45) is 10.2 Å². The third-order valence-electron chi connectivity index (χ3n) is 1.27. The summed E-state index contributed by atoms with van der Waals surface area (Å²) in [5.74, 6) is -0.765. The van der Waals surface area contributed by atoms with Gasteiger partial charge >= 0.3 is 18.2 Å². The number of imide groups is 1. The summed E-state index contributed by atoms with van der Waals surface area (Å²) in [6, 6.07) is -1.92. The predicted octanol–water partition coefficient (Wildman–Crippen LogP) is -1.01. The number of urea groups is 2. The summed E-state index contributed by atoms with van der Waals surface area (Å²) < 4.78 is 0. The van der Waals surface area contributed by atoms with Gasteiger partial charge in [-0.3, -0.25) is 10.1 Å². The maximum absolute atomic E-state index is 10.9. The molecule has 4 N–H and O–H groups in total. The number of carboxylic acid groups (broad SMARTS) is 1. The zero-order valence-corrected chi connectivity index (χ0v) is 7.05. The molecule has 80 valence electrons. The molecule has 10 nitrogen and oxygen atoms in total. The second kappa shape index (κ2) is 4.13. The molecule has 0 aromatic carbocycles. The van der Waals surface area contributed by atoms with E-state index in [4.69, 9.17) is 5.11 Å². The normalized spacial score (nSPS) is 19.9. The van der Waals surface area contributed by atoms with Crippen LogP contribution in [0.3, 0.4) is 0 Å². The molecule has 1 unspecified atom stereocenters. The summed E-state index contributed by atoms with van der Waals surface area (Å²) in [5.41, 5.74) is 0. The molecule has 10 heteroatoms. The van der Waals surface area contributed by atoms with Gasteiger partial charge in [-0.15, -0.1) is 0 Å². The van der Waals surface area contributed by atoms with Crippen molar-refractivity contribution in [2.75, 3.05) is 0 Å². The quantitative estimate of drug-likeness (QED) is 0.326. The lowest BCUT2D eigenvalue weighted by Crippen LogP contribution is -2.45. The van der Waals surface area contributed by atoms with Gasteiger partial charge in [0.2, 0.25) is 0 Å². The fourth-order valence-electron chi connectivity index (χ4n) is 0.759. The highest BCUT2D eigenvalue weighted by molar-refractivity contribution is 6.05. The van der Waals surface area contributed by atoms with Gasteiger partial charge in [-0.25, -0.2) is 14.4 Å². The smallest absolute Gasteiger partial charge is 0.450 e. The molecule has 0 aromatic rings. The largest absolute Gasteiger partial charge is 0.462 e. The molecule has 0 spiro atoms. The van der Waals surface area contributed by atoms with E-state index in [0.717, 1.165) is 0 Å². The van der Waals surface area contributed by atoms with Crippen molar-refractivity contribution in [3.63, 3.8) is 0 Å². The van der Waals surface area contributed by atoms with Crippen molar-refractivity contribution in [3.05, 3.63) is 0 Å². The van der Waals surface area contributed by atoms with Crippen molar-refractivity contribution >= 4 is 24.1 Å². The van der Waals surface area contributed by atoms with Crippen LogP contribution in [-0.4, -0.2) is 35.3 Å². The van der Waals surface area contributed by atoms with Crippen LogP contribution in [0.5, 0.6) is 0 Å². The van der Waals surface area contributed by atoms with E-state index >= 15 is 0 Å². The molecule has 15 heavy (non-hydrogen) atoms. The van der Waals surface area contributed by atoms with Gasteiger partial charge in [0.1, 0.15) is 0 Å². The van der Waals surface area contributed by atoms with Crippen LogP contribution in [0, 0.1) is 0 Å². The van der Waals surface area contributed by atoms with Crippen molar-refractivity contribution in [1.29, 1.82) is 0 Å². The van der Waals surface area contributed by atoms with Crippen LogP contribution in [0.1, 0.15) is 0 Å². The highest BCUT2D eigenvalue weighted by Crippen LogP contribution is 1.90.